The molecule has 0 aliphatic rings. The van der Waals surface area contributed by atoms with Crippen molar-refractivity contribution in [2.45, 2.75) is 17.7 Å². The van der Waals surface area contributed by atoms with Crippen LogP contribution in [0.15, 0.2) is 53.4 Å². The number of rotatable bonds is 7. The number of carbonyl (C=O) groups excluding carboxylic acids is 1. The maximum Gasteiger partial charge on any atom is 0.230 e. The van der Waals surface area contributed by atoms with Gasteiger partial charge in [-0.05, 0) is 30.5 Å². The molecule has 2 nitrogen and oxygen atoms in total. The van der Waals surface area contributed by atoms with E-state index in [1.807, 2.05) is 18.2 Å². The van der Waals surface area contributed by atoms with Gasteiger partial charge in [-0.3, -0.25) is 4.79 Å². The number of halogens is 2. The zero-order valence-electron chi connectivity index (χ0n) is 12.0. The van der Waals surface area contributed by atoms with Crippen LogP contribution in [0.4, 0.5) is 8.78 Å². The monoisotopic (exact) mass is 321 g/mol. The molecule has 0 bridgehead atoms. The molecule has 0 aromatic heterocycles. The lowest BCUT2D eigenvalue weighted by Crippen LogP contribution is -2.26. The predicted octanol–water partition coefficient (Wildman–Crippen LogP) is 3.81. The van der Waals surface area contributed by atoms with Crippen LogP contribution in [0, 0.1) is 11.6 Å². The first kappa shape index (κ1) is 16.5. The number of benzene rings is 2. The largest absolute Gasteiger partial charge is 0.355 e. The van der Waals surface area contributed by atoms with Gasteiger partial charge in [-0.15, -0.1) is 11.8 Å². The minimum atomic E-state index is -0.637. The molecule has 0 unspecified atom stereocenters. The van der Waals surface area contributed by atoms with E-state index in [0.29, 0.717) is 6.54 Å². The Kier molecular flexibility index (Phi) is 6.40. The summed E-state index contributed by atoms with van der Waals surface area (Å²) < 4.78 is 26.2. The van der Waals surface area contributed by atoms with Gasteiger partial charge in [0.2, 0.25) is 5.91 Å². The summed E-state index contributed by atoms with van der Waals surface area (Å²) in [6.07, 6.45) is 1.76. The summed E-state index contributed by atoms with van der Waals surface area (Å²) in [6.45, 7) is 0.584. The van der Waals surface area contributed by atoms with Crippen molar-refractivity contribution in [2.24, 2.45) is 0 Å². The number of thioether (sulfide) groups is 1. The molecule has 0 heterocycles. The fourth-order valence-corrected chi connectivity index (χ4v) is 2.70. The number of aryl methyl sites for hydroxylation is 1. The Hall–Kier alpha value is -1.88. The normalized spacial score (nSPS) is 10.5. The summed E-state index contributed by atoms with van der Waals surface area (Å²) in [5, 5.41) is 2.80. The Morgan fingerprint density at radius 3 is 2.59 bits per heavy atom. The van der Waals surface area contributed by atoms with Gasteiger partial charge in [-0.25, -0.2) is 8.78 Å². The van der Waals surface area contributed by atoms with Gasteiger partial charge < -0.3 is 5.32 Å². The SMILES string of the molecule is O=C(CSc1ccc(F)cc1F)NCCCc1ccccc1. The average molecular weight is 321 g/mol. The lowest BCUT2D eigenvalue weighted by molar-refractivity contribution is -0.118. The number of nitrogens with one attached hydrogen (secondary N) is 1. The molecule has 0 atom stereocenters. The first-order chi connectivity index (χ1) is 10.6. The van der Waals surface area contributed by atoms with Gasteiger partial charge in [-0.2, -0.15) is 0 Å². The third-order valence-corrected chi connectivity index (χ3v) is 4.11. The summed E-state index contributed by atoms with van der Waals surface area (Å²) in [4.78, 5) is 12.0. The number of hydrogen-bond donors (Lipinski definition) is 1. The fourth-order valence-electron chi connectivity index (χ4n) is 1.95. The molecule has 2 aromatic rings. The molecule has 0 saturated heterocycles. The van der Waals surface area contributed by atoms with Crippen LogP contribution in [0.1, 0.15) is 12.0 Å². The van der Waals surface area contributed by atoms with Crippen LogP contribution in [0.25, 0.3) is 0 Å². The summed E-state index contributed by atoms with van der Waals surface area (Å²) in [6, 6.07) is 13.4. The molecule has 5 heteroatoms. The zero-order chi connectivity index (χ0) is 15.8. The highest BCUT2D eigenvalue weighted by molar-refractivity contribution is 8.00. The highest BCUT2D eigenvalue weighted by Crippen LogP contribution is 2.21. The van der Waals surface area contributed by atoms with Crippen LogP contribution < -0.4 is 5.32 Å². The van der Waals surface area contributed by atoms with E-state index in [1.54, 1.807) is 0 Å². The predicted molar refractivity (Wildman–Crippen MR) is 84.9 cm³/mol. The van der Waals surface area contributed by atoms with Gasteiger partial charge in [0.15, 0.2) is 0 Å². The van der Waals surface area contributed by atoms with Gasteiger partial charge in [0, 0.05) is 17.5 Å². The maximum atomic E-state index is 13.4. The third kappa shape index (κ3) is 5.48. The van der Waals surface area contributed by atoms with E-state index in [2.05, 4.69) is 17.4 Å². The van der Waals surface area contributed by atoms with Crippen molar-refractivity contribution in [2.75, 3.05) is 12.3 Å². The van der Waals surface area contributed by atoms with E-state index in [1.165, 1.54) is 17.7 Å². The van der Waals surface area contributed by atoms with Gasteiger partial charge >= 0.3 is 0 Å². The smallest absolute Gasteiger partial charge is 0.230 e. The van der Waals surface area contributed by atoms with Crippen molar-refractivity contribution < 1.29 is 13.6 Å². The van der Waals surface area contributed by atoms with E-state index >= 15 is 0 Å². The lowest BCUT2D eigenvalue weighted by Gasteiger charge is -2.06. The van der Waals surface area contributed by atoms with Crippen molar-refractivity contribution in [3.05, 3.63) is 65.7 Å². The van der Waals surface area contributed by atoms with Gasteiger partial charge in [-0.1, -0.05) is 30.3 Å². The molecule has 2 aromatic carbocycles. The Bertz CT molecular complexity index is 619. The number of hydrogen-bond acceptors (Lipinski definition) is 2. The molecular formula is C17H17F2NOS. The van der Waals surface area contributed by atoms with Crippen LogP contribution in [0.3, 0.4) is 0 Å². The first-order valence-corrected chi connectivity index (χ1v) is 8.02. The first-order valence-electron chi connectivity index (χ1n) is 7.03. The lowest BCUT2D eigenvalue weighted by atomic mass is 10.1. The molecule has 22 heavy (non-hydrogen) atoms. The second kappa shape index (κ2) is 8.54. The van der Waals surface area contributed by atoms with Crippen LogP contribution in [-0.4, -0.2) is 18.2 Å². The quantitative estimate of drug-likeness (QED) is 0.621. The second-order valence-corrected chi connectivity index (χ2v) is 5.82. The summed E-state index contributed by atoms with van der Waals surface area (Å²) in [7, 11) is 0. The molecule has 1 amide bonds. The molecule has 1 N–H and O–H groups in total. The molecule has 116 valence electrons. The molecule has 0 saturated carbocycles. The topological polar surface area (TPSA) is 29.1 Å². The Balaban J connectivity index is 1.65. The van der Waals surface area contributed by atoms with Crippen molar-refractivity contribution in [3.8, 4) is 0 Å². The standard InChI is InChI=1S/C17H17F2NOS/c18-14-8-9-16(15(19)11-14)22-12-17(21)20-10-4-7-13-5-2-1-3-6-13/h1-3,5-6,8-9,11H,4,7,10,12H2,(H,20,21). The number of carbonyl (C=O) groups is 1. The Labute approximate surface area is 132 Å². The Morgan fingerprint density at radius 1 is 1.09 bits per heavy atom. The Morgan fingerprint density at radius 2 is 1.86 bits per heavy atom. The minimum Gasteiger partial charge on any atom is -0.355 e. The second-order valence-electron chi connectivity index (χ2n) is 4.80. The molecule has 0 spiro atoms. The van der Waals surface area contributed by atoms with E-state index in [-0.39, 0.29) is 16.6 Å². The van der Waals surface area contributed by atoms with Crippen LogP contribution in [-0.2, 0) is 11.2 Å². The van der Waals surface area contributed by atoms with E-state index in [4.69, 9.17) is 0 Å². The third-order valence-electron chi connectivity index (χ3n) is 3.06. The summed E-state index contributed by atoms with van der Waals surface area (Å²) in [5.41, 5.74) is 1.24. The molecule has 0 aliphatic heterocycles. The van der Waals surface area contributed by atoms with E-state index in [9.17, 15) is 13.6 Å². The highest BCUT2D eigenvalue weighted by atomic mass is 32.2. The summed E-state index contributed by atoms with van der Waals surface area (Å²) in [5.74, 6) is -1.29. The zero-order valence-corrected chi connectivity index (χ0v) is 12.8. The van der Waals surface area contributed by atoms with Crippen molar-refractivity contribution in [1.29, 1.82) is 0 Å². The molecule has 2 rings (SSSR count). The van der Waals surface area contributed by atoms with Gasteiger partial charge in [0.05, 0.1) is 5.75 Å². The maximum absolute atomic E-state index is 13.4. The van der Waals surface area contributed by atoms with Crippen molar-refractivity contribution >= 4 is 17.7 Å². The summed E-state index contributed by atoms with van der Waals surface area (Å²) >= 11 is 1.06. The van der Waals surface area contributed by atoms with Crippen molar-refractivity contribution in [1.82, 2.24) is 5.32 Å². The molecule has 0 fully saturated rings. The van der Waals surface area contributed by atoms with Crippen molar-refractivity contribution in [3.63, 3.8) is 0 Å². The molecule has 0 radical (unpaired) electrons. The van der Waals surface area contributed by atoms with E-state index < -0.39 is 11.6 Å². The van der Waals surface area contributed by atoms with Crippen LogP contribution >= 0.6 is 11.8 Å². The minimum absolute atomic E-state index is 0.119. The van der Waals surface area contributed by atoms with Gasteiger partial charge in [0.1, 0.15) is 11.6 Å². The van der Waals surface area contributed by atoms with Gasteiger partial charge in [0.25, 0.3) is 0 Å². The highest BCUT2D eigenvalue weighted by Gasteiger charge is 2.07. The average Bonchev–Trinajstić information content (AvgIpc) is 2.52. The fraction of sp³-hybridized carbons (Fsp3) is 0.235. The van der Waals surface area contributed by atoms with Crippen LogP contribution in [0.2, 0.25) is 0 Å². The number of amides is 1. The molecular weight excluding hydrogens is 304 g/mol. The van der Waals surface area contributed by atoms with E-state index in [0.717, 1.165) is 30.7 Å². The van der Waals surface area contributed by atoms with Crippen LogP contribution in [0.5, 0.6) is 0 Å². The molecule has 0 aliphatic carbocycles.